The van der Waals surface area contributed by atoms with Crippen LogP contribution in [-0.4, -0.2) is 18.3 Å². The van der Waals surface area contributed by atoms with Crippen molar-refractivity contribution in [2.45, 2.75) is 25.9 Å². The van der Waals surface area contributed by atoms with Crippen molar-refractivity contribution in [3.8, 4) is 5.75 Å². The van der Waals surface area contributed by atoms with Gasteiger partial charge in [0.05, 0.1) is 12.7 Å². The number of rotatable bonds is 6. The summed E-state index contributed by atoms with van der Waals surface area (Å²) in [7, 11) is 0. The Morgan fingerprint density at radius 2 is 2.27 bits per heavy atom. The minimum atomic E-state index is -0.436. The molecular weight excluding hydrogens is 190 g/mol. The highest BCUT2D eigenvalue weighted by molar-refractivity contribution is 5.29. The highest BCUT2D eigenvalue weighted by Crippen LogP contribution is 2.22. The summed E-state index contributed by atoms with van der Waals surface area (Å²) < 4.78 is 5.37. The van der Waals surface area contributed by atoms with Gasteiger partial charge in [-0.15, -0.1) is 0 Å². The Labute approximate surface area is 90.9 Å². The lowest BCUT2D eigenvalue weighted by molar-refractivity contribution is 0.165. The smallest absolute Gasteiger partial charge is 0.119 e. The molecule has 0 aliphatic heterocycles. The zero-order valence-electron chi connectivity index (χ0n) is 9.15. The van der Waals surface area contributed by atoms with Crippen LogP contribution in [0.15, 0.2) is 24.3 Å². The predicted octanol–water partition coefficient (Wildman–Crippen LogP) is 1.86. The third kappa shape index (κ3) is 3.90. The molecule has 1 aromatic carbocycles. The van der Waals surface area contributed by atoms with Crippen LogP contribution in [0.3, 0.4) is 0 Å². The average Bonchev–Trinajstić information content (AvgIpc) is 2.27. The van der Waals surface area contributed by atoms with Gasteiger partial charge < -0.3 is 15.6 Å². The van der Waals surface area contributed by atoms with Crippen LogP contribution in [0.5, 0.6) is 5.75 Å². The van der Waals surface area contributed by atoms with Crippen molar-refractivity contribution in [2.24, 2.45) is 5.73 Å². The summed E-state index contributed by atoms with van der Waals surface area (Å²) in [6.45, 7) is 3.20. The highest BCUT2D eigenvalue weighted by Gasteiger charge is 2.07. The Kier molecular flexibility index (Phi) is 5.15. The van der Waals surface area contributed by atoms with Crippen molar-refractivity contribution in [1.29, 1.82) is 0 Å². The van der Waals surface area contributed by atoms with Crippen molar-refractivity contribution >= 4 is 0 Å². The maximum Gasteiger partial charge on any atom is 0.119 e. The molecule has 1 rings (SSSR count). The second-order valence-electron chi connectivity index (χ2n) is 3.45. The van der Waals surface area contributed by atoms with Gasteiger partial charge in [0.25, 0.3) is 0 Å². The van der Waals surface area contributed by atoms with E-state index >= 15 is 0 Å². The normalized spacial score (nSPS) is 12.5. The molecule has 0 amide bonds. The number of aliphatic hydroxyl groups is 1. The first-order valence-electron chi connectivity index (χ1n) is 5.38. The number of nitrogens with two attached hydrogens (primary N) is 1. The SMILES string of the molecule is CCOc1cccc(C(O)CCCN)c1. The summed E-state index contributed by atoms with van der Waals surface area (Å²) in [5, 5.41) is 9.83. The summed E-state index contributed by atoms with van der Waals surface area (Å²) in [6.07, 6.45) is 1.10. The van der Waals surface area contributed by atoms with E-state index in [2.05, 4.69) is 0 Å². The molecule has 0 fully saturated rings. The third-order valence-corrected chi connectivity index (χ3v) is 2.24. The maximum atomic E-state index is 9.83. The van der Waals surface area contributed by atoms with Gasteiger partial charge >= 0.3 is 0 Å². The molecule has 1 aromatic rings. The topological polar surface area (TPSA) is 55.5 Å². The molecule has 0 aromatic heterocycles. The Hall–Kier alpha value is -1.06. The van der Waals surface area contributed by atoms with E-state index in [1.807, 2.05) is 31.2 Å². The minimum absolute atomic E-state index is 0.436. The molecule has 84 valence electrons. The number of hydrogen-bond acceptors (Lipinski definition) is 3. The van der Waals surface area contributed by atoms with E-state index in [0.29, 0.717) is 19.6 Å². The number of ether oxygens (including phenoxy) is 1. The molecule has 1 unspecified atom stereocenters. The molecule has 0 aliphatic rings. The predicted molar refractivity (Wildman–Crippen MR) is 60.9 cm³/mol. The molecule has 3 N–H and O–H groups in total. The molecule has 0 spiro atoms. The first-order valence-corrected chi connectivity index (χ1v) is 5.38. The van der Waals surface area contributed by atoms with E-state index in [1.165, 1.54) is 0 Å². The highest BCUT2D eigenvalue weighted by atomic mass is 16.5. The Balaban J connectivity index is 2.62. The van der Waals surface area contributed by atoms with E-state index in [9.17, 15) is 5.11 Å². The molecule has 0 saturated carbocycles. The second-order valence-corrected chi connectivity index (χ2v) is 3.45. The molecule has 0 heterocycles. The van der Waals surface area contributed by atoms with Crippen molar-refractivity contribution in [2.75, 3.05) is 13.2 Å². The molecule has 0 radical (unpaired) electrons. The Morgan fingerprint density at radius 3 is 2.93 bits per heavy atom. The van der Waals surface area contributed by atoms with Crippen LogP contribution >= 0.6 is 0 Å². The van der Waals surface area contributed by atoms with Gasteiger partial charge in [-0.1, -0.05) is 12.1 Å². The quantitative estimate of drug-likeness (QED) is 0.752. The van der Waals surface area contributed by atoms with Crippen LogP contribution in [0.4, 0.5) is 0 Å². The lowest BCUT2D eigenvalue weighted by Gasteiger charge is -2.11. The van der Waals surface area contributed by atoms with E-state index in [4.69, 9.17) is 10.5 Å². The van der Waals surface area contributed by atoms with Gasteiger partial charge in [0.1, 0.15) is 5.75 Å². The van der Waals surface area contributed by atoms with Gasteiger partial charge in [0.2, 0.25) is 0 Å². The summed E-state index contributed by atoms with van der Waals surface area (Å²) in [6, 6.07) is 7.57. The Bertz CT molecular complexity index is 289. The van der Waals surface area contributed by atoms with Crippen LogP contribution in [0.1, 0.15) is 31.4 Å². The van der Waals surface area contributed by atoms with E-state index in [0.717, 1.165) is 17.7 Å². The summed E-state index contributed by atoms with van der Waals surface area (Å²) >= 11 is 0. The second kappa shape index (κ2) is 6.43. The van der Waals surface area contributed by atoms with Crippen molar-refractivity contribution in [3.63, 3.8) is 0 Å². The number of hydrogen-bond donors (Lipinski definition) is 2. The van der Waals surface area contributed by atoms with Gasteiger partial charge in [-0.05, 0) is 44.0 Å². The first-order chi connectivity index (χ1) is 7.27. The van der Waals surface area contributed by atoms with E-state index in [-0.39, 0.29) is 0 Å². The fourth-order valence-electron chi connectivity index (χ4n) is 1.46. The van der Waals surface area contributed by atoms with E-state index < -0.39 is 6.10 Å². The third-order valence-electron chi connectivity index (χ3n) is 2.24. The summed E-state index contributed by atoms with van der Waals surface area (Å²) in [4.78, 5) is 0. The van der Waals surface area contributed by atoms with Crippen LogP contribution < -0.4 is 10.5 Å². The van der Waals surface area contributed by atoms with E-state index in [1.54, 1.807) is 0 Å². The van der Waals surface area contributed by atoms with Gasteiger partial charge in [0.15, 0.2) is 0 Å². The monoisotopic (exact) mass is 209 g/mol. The lowest BCUT2D eigenvalue weighted by atomic mass is 10.0. The average molecular weight is 209 g/mol. The molecule has 0 bridgehead atoms. The summed E-state index contributed by atoms with van der Waals surface area (Å²) in [5.74, 6) is 0.807. The number of aliphatic hydroxyl groups excluding tert-OH is 1. The molecule has 1 atom stereocenters. The van der Waals surface area contributed by atoms with Crippen LogP contribution in [0.25, 0.3) is 0 Å². The minimum Gasteiger partial charge on any atom is -0.494 e. The van der Waals surface area contributed by atoms with Crippen LogP contribution in [0, 0.1) is 0 Å². The van der Waals surface area contributed by atoms with Crippen molar-refractivity contribution in [1.82, 2.24) is 0 Å². The molecule has 3 nitrogen and oxygen atoms in total. The fourth-order valence-corrected chi connectivity index (χ4v) is 1.46. The fraction of sp³-hybridized carbons (Fsp3) is 0.500. The number of benzene rings is 1. The lowest BCUT2D eigenvalue weighted by Crippen LogP contribution is -2.04. The van der Waals surface area contributed by atoms with Gasteiger partial charge in [-0.2, -0.15) is 0 Å². The van der Waals surface area contributed by atoms with Crippen molar-refractivity contribution in [3.05, 3.63) is 29.8 Å². The van der Waals surface area contributed by atoms with Crippen molar-refractivity contribution < 1.29 is 9.84 Å². The molecule has 15 heavy (non-hydrogen) atoms. The molecule has 0 aliphatic carbocycles. The van der Waals surface area contributed by atoms with Gasteiger partial charge in [-0.25, -0.2) is 0 Å². The maximum absolute atomic E-state index is 9.83. The molecule has 0 saturated heterocycles. The van der Waals surface area contributed by atoms with Crippen LogP contribution in [0.2, 0.25) is 0 Å². The first kappa shape index (κ1) is 12.0. The van der Waals surface area contributed by atoms with Crippen LogP contribution in [-0.2, 0) is 0 Å². The molecule has 3 heteroatoms. The van der Waals surface area contributed by atoms with Gasteiger partial charge in [-0.3, -0.25) is 0 Å². The molecular formula is C12H19NO2. The largest absolute Gasteiger partial charge is 0.494 e. The Morgan fingerprint density at radius 1 is 1.47 bits per heavy atom. The standard InChI is InChI=1S/C12H19NO2/c1-2-15-11-6-3-5-10(9-11)12(14)7-4-8-13/h3,5-6,9,12,14H,2,4,7-8,13H2,1H3. The zero-order chi connectivity index (χ0) is 11.1. The van der Waals surface area contributed by atoms with Gasteiger partial charge in [0, 0.05) is 0 Å². The zero-order valence-corrected chi connectivity index (χ0v) is 9.15. The summed E-state index contributed by atoms with van der Waals surface area (Å²) in [5.41, 5.74) is 6.29.